The second-order valence-electron chi connectivity index (χ2n) is 6.70. The van der Waals surface area contributed by atoms with Gasteiger partial charge in [-0.15, -0.1) is 5.12 Å². The van der Waals surface area contributed by atoms with Crippen LogP contribution in [0.25, 0.3) is 11.4 Å². The van der Waals surface area contributed by atoms with Gasteiger partial charge in [0.25, 0.3) is 0 Å². The average Bonchev–Trinajstić information content (AvgIpc) is 3.07. The van der Waals surface area contributed by atoms with Gasteiger partial charge < -0.3 is 4.74 Å². The van der Waals surface area contributed by atoms with E-state index in [1.54, 1.807) is 34.7 Å². The summed E-state index contributed by atoms with van der Waals surface area (Å²) in [4.78, 5) is 14.6. The van der Waals surface area contributed by atoms with Crippen LogP contribution in [0.2, 0.25) is 0 Å². The SMILES string of the molecule is CCON1C(c2ccnc(Oc3ccc(C)cc3)n2)=C(c2ccc(F)cc2)NN1C. The highest BCUT2D eigenvalue weighted by molar-refractivity contribution is 5.88. The van der Waals surface area contributed by atoms with Crippen LogP contribution in [0.4, 0.5) is 4.39 Å². The standard InChI is InChI=1S/C22H22FN5O2/c1-4-29-28-21(20(26-27(28)3)16-7-9-17(23)10-8-16)19-13-14-24-22(25-19)30-18-11-5-15(2)6-12-18/h5-14,26H,4H2,1-3H3. The highest BCUT2D eigenvalue weighted by Gasteiger charge is 2.31. The van der Waals surface area contributed by atoms with Crippen LogP contribution < -0.4 is 10.2 Å². The Kier molecular flexibility index (Phi) is 5.60. The van der Waals surface area contributed by atoms with Crippen LogP contribution in [-0.4, -0.2) is 33.9 Å². The maximum Gasteiger partial charge on any atom is 0.322 e. The molecule has 30 heavy (non-hydrogen) atoms. The Balaban J connectivity index is 1.74. The molecular weight excluding hydrogens is 385 g/mol. The van der Waals surface area contributed by atoms with Crippen LogP contribution in [0, 0.1) is 12.7 Å². The van der Waals surface area contributed by atoms with Crippen LogP contribution in [0.5, 0.6) is 11.8 Å². The van der Waals surface area contributed by atoms with E-state index in [1.807, 2.05) is 45.2 Å². The molecule has 1 N–H and O–H groups in total. The van der Waals surface area contributed by atoms with Crippen molar-refractivity contribution in [2.75, 3.05) is 13.7 Å². The third-order valence-corrected chi connectivity index (χ3v) is 4.46. The molecule has 0 saturated carbocycles. The fraction of sp³-hybridized carbons (Fsp3) is 0.182. The Morgan fingerprint density at radius 2 is 1.77 bits per heavy atom. The molecule has 0 amide bonds. The Morgan fingerprint density at radius 1 is 1.03 bits per heavy atom. The minimum Gasteiger partial charge on any atom is -0.424 e. The molecule has 3 aromatic rings. The first-order valence-electron chi connectivity index (χ1n) is 9.56. The molecule has 1 aromatic heterocycles. The first-order chi connectivity index (χ1) is 14.5. The van der Waals surface area contributed by atoms with Crippen molar-refractivity contribution in [3.63, 3.8) is 0 Å². The van der Waals surface area contributed by atoms with Gasteiger partial charge in [0.15, 0.2) is 0 Å². The number of aryl methyl sites for hydroxylation is 1. The number of nitrogens with zero attached hydrogens (tertiary/aromatic N) is 4. The summed E-state index contributed by atoms with van der Waals surface area (Å²) in [6, 6.07) is 15.9. The normalized spacial score (nSPS) is 14.2. The van der Waals surface area contributed by atoms with Gasteiger partial charge in [0, 0.05) is 18.8 Å². The fourth-order valence-corrected chi connectivity index (χ4v) is 3.06. The largest absolute Gasteiger partial charge is 0.424 e. The number of hydrogen-bond acceptors (Lipinski definition) is 7. The van der Waals surface area contributed by atoms with Gasteiger partial charge in [-0.25, -0.2) is 9.37 Å². The van der Waals surface area contributed by atoms with E-state index in [4.69, 9.17) is 9.57 Å². The van der Waals surface area contributed by atoms with Crippen molar-refractivity contribution in [1.82, 2.24) is 25.7 Å². The second kappa shape index (κ2) is 8.48. The van der Waals surface area contributed by atoms with Crippen molar-refractivity contribution in [2.24, 2.45) is 0 Å². The molecule has 0 bridgehead atoms. The summed E-state index contributed by atoms with van der Waals surface area (Å²) >= 11 is 0. The van der Waals surface area contributed by atoms with Crippen LogP contribution in [-0.2, 0) is 4.84 Å². The lowest BCUT2D eigenvalue weighted by atomic mass is 10.1. The predicted octanol–water partition coefficient (Wildman–Crippen LogP) is 4.16. The molecule has 7 nitrogen and oxygen atoms in total. The molecule has 0 spiro atoms. The minimum atomic E-state index is -0.301. The Labute approximate surface area is 174 Å². The molecule has 0 saturated heterocycles. The van der Waals surface area contributed by atoms with E-state index in [-0.39, 0.29) is 11.8 Å². The predicted molar refractivity (Wildman–Crippen MR) is 111 cm³/mol. The lowest BCUT2D eigenvalue weighted by Crippen LogP contribution is -2.39. The number of nitrogens with one attached hydrogen (secondary N) is 1. The molecule has 4 rings (SSSR count). The van der Waals surface area contributed by atoms with E-state index in [0.29, 0.717) is 23.7 Å². The monoisotopic (exact) mass is 407 g/mol. The van der Waals surface area contributed by atoms with E-state index in [0.717, 1.165) is 16.8 Å². The lowest BCUT2D eigenvalue weighted by molar-refractivity contribution is -0.231. The molecule has 1 aliphatic heterocycles. The maximum absolute atomic E-state index is 13.4. The Morgan fingerprint density at radius 3 is 2.47 bits per heavy atom. The highest BCUT2D eigenvalue weighted by atomic mass is 19.1. The van der Waals surface area contributed by atoms with Crippen LogP contribution in [0.15, 0.2) is 60.8 Å². The highest BCUT2D eigenvalue weighted by Crippen LogP contribution is 2.33. The van der Waals surface area contributed by atoms with Crippen molar-refractivity contribution >= 4 is 11.4 Å². The van der Waals surface area contributed by atoms with E-state index < -0.39 is 0 Å². The molecule has 0 radical (unpaired) electrons. The number of halogens is 1. The van der Waals surface area contributed by atoms with E-state index in [2.05, 4.69) is 15.4 Å². The second-order valence-corrected chi connectivity index (χ2v) is 6.70. The molecule has 2 aromatic carbocycles. The van der Waals surface area contributed by atoms with Crippen molar-refractivity contribution in [1.29, 1.82) is 0 Å². The average molecular weight is 407 g/mol. The van der Waals surface area contributed by atoms with Gasteiger partial charge in [0.1, 0.15) is 17.3 Å². The topological polar surface area (TPSA) is 62.8 Å². The van der Waals surface area contributed by atoms with E-state index in [9.17, 15) is 4.39 Å². The number of ether oxygens (including phenoxy) is 1. The van der Waals surface area contributed by atoms with Gasteiger partial charge >= 0.3 is 6.01 Å². The summed E-state index contributed by atoms with van der Waals surface area (Å²) in [6.45, 7) is 4.35. The summed E-state index contributed by atoms with van der Waals surface area (Å²) < 4.78 is 19.3. The first-order valence-corrected chi connectivity index (χ1v) is 9.56. The Hall–Kier alpha value is -3.49. The van der Waals surface area contributed by atoms with E-state index in [1.165, 1.54) is 12.1 Å². The molecule has 1 aliphatic rings. The summed E-state index contributed by atoms with van der Waals surface area (Å²) in [5.74, 6) is 0.346. The molecule has 0 unspecified atom stereocenters. The van der Waals surface area contributed by atoms with Gasteiger partial charge in [0.05, 0.1) is 18.0 Å². The molecule has 8 heteroatoms. The number of hydrogen-bond donors (Lipinski definition) is 1. The number of hydrazine groups is 2. The van der Waals surface area contributed by atoms with Crippen LogP contribution in [0.1, 0.15) is 23.7 Å². The van der Waals surface area contributed by atoms with Crippen molar-refractivity contribution in [3.8, 4) is 11.8 Å². The smallest absolute Gasteiger partial charge is 0.322 e. The molecule has 2 heterocycles. The van der Waals surface area contributed by atoms with Crippen molar-refractivity contribution in [2.45, 2.75) is 13.8 Å². The van der Waals surface area contributed by atoms with Gasteiger partial charge in [-0.05, 0) is 56.3 Å². The van der Waals surface area contributed by atoms with Crippen molar-refractivity contribution in [3.05, 3.63) is 83.4 Å². The molecule has 0 atom stereocenters. The maximum atomic E-state index is 13.4. The third kappa shape index (κ3) is 4.10. The van der Waals surface area contributed by atoms with Crippen LogP contribution in [0.3, 0.4) is 0 Å². The lowest BCUT2D eigenvalue weighted by Gasteiger charge is -2.25. The van der Waals surface area contributed by atoms with Gasteiger partial charge in [-0.2, -0.15) is 10.2 Å². The quantitative estimate of drug-likeness (QED) is 0.658. The number of hydroxylamine groups is 1. The van der Waals surface area contributed by atoms with Crippen molar-refractivity contribution < 1.29 is 14.0 Å². The van der Waals surface area contributed by atoms with Crippen LogP contribution >= 0.6 is 0 Å². The number of aromatic nitrogens is 2. The molecule has 0 fully saturated rings. The zero-order valence-corrected chi connectivity index (χ0v) is 17.0. The summed E-state index contributed by atoms with van der Waals surface area (Å²) in [5, 5.41) is 3.30. The summed E-state index contributed by atoms with van der Waals surface area (Å²) in [7, 11) is 1.82. The van der Waals surface area contributed by atoms with E-state index >= 15 is 0 Å². The molecule has 154 valence electrons. The third-order valence-electron chi connectivity index (χ3n) is 4.46. The molecule has 0 aliphatic carbocycles. The summed E-state index contributed by atoms with van der Waals surface area (Å²) in [5.41, 5.74) is 7.16. The number of benzene rings is 2. The zero-order valence-electron chi connectivity index (χ0n) is 17.0. The van der Waals surface area contributed by atoms with Gasteiger partial charge in [-0.1, -0.05) is 17.7 Å². The van der Waals surface area contributed by atoms with Gasteiger partial charge in [0.2, 0.25) is 0 Å². The molecular formula is C22H22FN5O2. The first kappa shape index (κ1) is 19.8. The number of rotatable bonds is 6. The minimum absolute atomic E-state index is 0.216. The van der Waals surface area contributed by atoms with Gasteiger partial charge in [-0.3, -0.25) is 10.3 Å². The Bertz CT molecular complexity index is 1050. The fourth-order valence-electron chi connectivity index (χ4n) is 3.06. The zero-order chi connectivity index (χ0) is 21.1. The summed E-state index contributed by atoms with van der Waals surface area (Å²) in [6.07, 6.45) is 1.63.